The van der Waals surface area contributed by atoms with Crippen molar-refractivity contribution in [3.8, 4) is 0 Å². The highest BCUT2D eigenvalue weighted by Gasteiger charge is 1.95. The summed E-state index contributed by atoms with van der Waals surface area (Å²) in [5.74, 6) is 0. The third-order valence-electron chi connectivity index (χ3n) is 1.41. The third-order valence-corrected chi connectivity index (χ3v) is 1.97. The van der Waals surface area contributed by atoms with Gasteiger partial charge in [-0.05, 0) is 60.2 Å². The molecule has 60 valence electrons. The average molecular weight is 262 g/mol. The van der Waals surface area contributed by atoms with Crippen molar-refractivity contribution < 1.29 is 0 Å². The fourth-order valence-corrected chi connectivity index (χ4v) is 1.79. The SMILES string of the molecule is Cc1cc(CCN)cc(I)n1. The van der Waals surface area contributed by atoms with E-state index in [1.807, 2.05) is 6.92 Å². The normalized spacial score (nSPS) is 10.1. The lowest BCUT2D eigenvalue weighted by atomic mass is 10.2. The van der Waals surface area contributed by atoms with Gasteiger partial charge in [0, 0.05) is 5.69 Å². The monoisotopic (exact) mass is 262 g/mol. The molecule has 0 saturated heterocycles. The van der Waals surface area contributed by atoms with Crippen molar-refractivity contribution in [3.05, 3.63) is 27.1 Å². The molecule has 0 spiro atoms. The number of aryl methyl sites for hydroxylation is 1. The molecule has 0 atom stereocenters. The molecule has 3 heteroatoms. The molecular weight excluding hydrogens is 251 g/mol. The van der Waals surface area contributed by atoms with Crippen molar-refractivity contribution in [3.63, 3.8) is 0 Å². The third kappa shape index (κ3) is 2.75. The van der Waals surface area contributed by atoms with E-state index in [1.54, 1.807) is 0 Å². The largest absolute Gasteiger partial charge is 0.330 e. The minimum Gasteiger partial charge on any atom is -0.330 e. The summed E-state index contributed by atoms with van der Waals surface area (Å²) in [4.78, 5) is 4.26. The van der Waals surface area contributed by atoms with Crippen molar-refractivity contribution >= 4 is 22.6 Å². The minimum atomic E-state index is 0.708. The van der Waals surface area contributed by atoms with E-state index in [0.29, 0.717) is 6.54 Å². The van der Waals surface area contributed by atoms with Crippen molar-refractivity contribution in [1.82, 2.24) is 4.98 Å². The molecule has 0 fully saturated rings. The van der Waals surface area contributed by atoms with Gasteiger partial charge in [0.05, 0.1) is 0 Å². The number of hydrogen-bond acceptors (Lipinski definition) is 2. The first kappa shape index (κ1) is 8.93. The molecule has 1 aromatic heterocycles. The van der Waals surface area contributed by atoms with E-state index in [2.05, 4.69) is 39.7 Å². The molecule has 2 N–H and O–H groups in total. The van der Waals surface area contributed by atoms with Crippen LogP contribution < -0.4 is 5.73 Å². The number of hydrogen-bond donors (Lipinski definition) is 1. The van der Waals surface area contributed by atoms with Gasteiger partial charge in [0.1, 0.15) is 3.70 Å². The van der Waals surface area contributed by atoms with Gasteiger partial charge in [-0.2, -0.15) is 0 Å². The zero-order valence-corrected chi connectivity index (χ0v) is 8.63. The van der Waals surface area contributed by atoms with Crippen molar-refractivity contribution in [2.75, 3.05) is 6.54 Å². The summed E-state index contributed by atoms with van der Waals surface area (Å²) in [6.07, 6.45) is 0.944. The maximum Gasteiger partial charge on any atom is 0.101 e. The zero-order valence-electron chi connectivity index (χ0n) is 6.47. The first-order chi connectivity index (χ1) is 5.22. The van der Waals surface area contributed by atoms with E-state index in [4.69, 9.17) is 5.73 Å². The van der Waals surface area contributed by atoms with Crippen LogP contribution in [0.1, 0.15) is 11.3 Å². The Balaban J connectivity index is 2.89. The summed E-state index contributed by atoms with van der Waals surface area (Å²) in [6, 6.07) is 4.15. The number of nitrogens with two attached hydrogens (primary N) is 1. The molecule has 0 radical (unpaired) electrons. The summed E-state index contributed by atoms with van der Waals surface area (Å²) >= 11 is 2.22. The summed E-state index contributed by atoms with van der Waals surface area (Å²) in [6.45, 7) is 2.71. The Morgan fingerprint density at radius 1 is 1.55 bits per heavy atom. The molecule has 0 bridgehead atoms. The van der Waals surface area contributed by atoms with Crippen LogP contribution in [0.2, 0.25) is 0 Å². The molecule has 0 unspecified atom stereocenters. The maximum absolute atomic E-state index is 5.44. The molecule has 2 nitrogen and oxygen atoms in total. The molecule has 11 heavy (non-hydrogen) atoms. The first-order valence-corrected chi connectivity index (χ1v) is 4.63. The van der Waals surface area contributed by atoms with Gasteiger partial charge in [-0.15, -0.1) is 0 Å². The minimum absolute atomic E-state index is 0.708. The smallest absolute Gasteiger partial charge is 0.101 e. The number of halogens is 1. The van der Waals surface area contributed by atoms with E-state index in [0.717, 1.165) is 15.8 Å². The Labute approximate surface area is 80.3 Å². The zero-order chi connectivity index (χ0) is 8.27. The van der Waals surface area contributed by atoms with Gasteiger partial charge in [-0.1, -0.05) is 0 Å². The summed E-state index contributed by atoms with van der Waals surface area (Å²) in [5, 5.41) is 0. The number of rotatable bonds is 2. The lowest BCUT2D eigenvalue weighted by Gasteiger charge is -2.00. The van der Waals surface area contributed by atoms with Crippen LogP contribution in [0.25, 0.3) is 0 Å². The van der Waals surface area contributed by atoms with Crippen LogP contribution >= 0.6 is 22.6 Å². The van der Waals surface area contributed by atoms with Crippen LogP contribution in [0.15, 0.2) is 12.1 Å². The quantitative estimate of drug-likeness (QED) is 0.648. The van der Waals surface area contributed by atoms with Crippen LogP contribution in [0.4, 0.5) is 0 Å². The van der Waals surface area contributed by atoms with Crippen molar-refractivity contribution in [2.45, 2.75) is 13.3 Å². The van der Waals surface area contributed by atoms with Gasteiger partial charge < -0.3 is 5.73 Å². The van der Waals surface area contributed by atoms with Gasteiger partial charge in [-0.25, -0.2) is 4.98 Å². The van der Waals surface area contributed by atoms with Gasteiger partial charge in [-0.3, -0.25) is 0 Å². The fraction of sp³-hybridized carbons (Fsp3) is 0.375. The van der Waals surface area contributed by atoms with Gasteiger partial charge >= 0.3 is 0 Å². The predicted molar refractivity (Wildman–Crippen MR) is 54.4 cm³/mol. The highest BCUT2D eigenvalue weighted by molar-refractivity contribution is 14.1. The molecule has 0 saturated carbocycles. The molecule has 0 aliphatic carbocycles. The summed E-state index contributed by atoms with van der Waals surface area (Å²) in [7, 11) is 0. The number of pyridine rings is 1. The Hall–Kier alpha value is -0.160. The molecule has 0 aromatic carbocycles. The Morgan fingerprint density at radius 2 is 2.27 bits per heavy atom. The van der Waals surface area contributed by atoms with Crippen molar-refractivity contribution in [2.24, 2.45) is 5.73 Å². The molecule has 0 amide bonds. The molecule has 0 aliphatic rings. The van der Waals surface area contributed by atoms with Gasteiger partial charge in [0.25, 0.3) is 0 Å². The van der Waals surface area contributed by atoms with Crippen LogP contribution in [-0.4, -0.2) is 11.5 Å². The lowest BCUT2D eigenvalue weighted by Crippen LogP contribution is -2.03. The van der Waals surface area contributed by atoms with E-state index in [9.17, 15) is 0 Å². The summed E-state index contributed by atoms with van der Waals surface area (Å²) in [5.41, 5.74) is 7.79. The van der Waals surface area contributed by atoms with Crippen LogP contribution in [-0.2, 0) is 6.42 Å². The molecular formula is C8H11IN2. The fourth-order valence-electron chi connectivity index (χ4n) is 1.01. The molecule has 1 heterocycles. The highest BCUT2D eigenvalue weighted by Crippen LogP contribution is 2.07. The van der Waals surface area contributed by atoms with Crippen LogP contribution in [0.5, 0.6) is 0 Å². The average Bonchev–Trinajstić information content (AvgIpc) is 1.85. The van der Waals surface area contributed by atoms with Gasteiger partial charge in [0.2, 0.25) is 0 Å². The maximum atomic E-state index is 5.44. The molecule has 1 aromatic rings. The Morgan fingerprint density at radius 3 is 2.82 bits per heavy atom. The second-order valence-electron chi connectivity index (χ2n) is 2.48. The van der Waals surface area contributed by atoms with Crippen molar-refractivity contribution in [1.29, 1.82) is 0 Å². The first-order valence-electron chi connectivity index (χ1n) is 3.55. The lowest BCUT2D eigenvalue weighted by molar-refractivity contribution is 0.954. The Bertz CT molecular complexity index is 228. The van der Waals surface area contributed by atoms with Crippen LogP contribution in [0.3, 0.4) is 0 Å². The van der Waals surface area contributed by atoms with E-state index in [1.165, 1.54) is 5.56 Å². The Kier molecular flexibility index (Phi) is 3.26. The van der Waals surface area contributed by atoms with E-state index in [-0.39, 0.29) is 0 Å². The second kappa shape index (κ2) is 4.01. The predicted octanol–water partition coefficient (Wildman–Crippen LogP) is 1.50. The highest BCUT2D eigenvalue weighted by atomic mass is 127. The number of aromatic nitrogens is 1. The topological polar surface area (TPSA) is 38.9 Å². The standard InChI is InChI=1S/C8H11IN2/c1-6-4-7(2-3-10)5-8(9)11-6/h4-5H,2-3,10H2,1H3. The van der Waals surface area contributed by atoms with E-state index < -0.39 is 0 Å². The molecule has 0 aliphatic heterocycles. The number of nitrogens with zero attached hydrogens (tertiary/aromatic N) is 1. The second-order valence-corrected chi connectivity index (χ2v) is 3.58. The van der Waals surface area contributed by atoms with Crippen LogP contribution in [0, 0.1) is 10.6 Å². The van der Waals surface area contributed by atoms with E-state index >= 15 is 0 Å². The van der Waals surface area contributed by atoms with Gasteiger partial charge in [0.15, 0.2) is 0 Å². The summed E-state index contributed by atoms with van der Waals surface area (Å²) < 4.78 is 1.05. The molecule has 1 rings (SSSR count).